The number of aromatic hydroxyl groups is 1. The second kappa shape index (κ2) is 6.79. The zero-order valence-corrected chi connectivity index (χ0v) is 12.2. The van der Waals surface area contributed by atoms with Gasteiger partial charge in [-0.1, -0.05) is 18.2 Å². The average Bonchev–Trinajstić information content (AvgIpc) is 2.46. The molecule has 1 amide bonds. The Morgan fingerprint density at radius 2 is 1.86 bits per heavy atom. The van der Waals surface area contributed by atoms with Gasteiger partial charge in [0.25, 0.3) is 0 Å². The molecule has 0 aromatic heterocycles. The predicted octanol–water partition coefficient (Wildman–Crippen LogP) is 3.42. The molecule has 0 aliphatic carbocycles. The number of carbonyl (C=O) groups is 1. The summed E-state index contributed by atoms with van der Waals surface area (Å²) in [5.41, 5.74) is 2.28. The molecule has 0 radical (unpaired) electrons. The van der Waals surface area contributed by atoms with Crippen molar-refractivity contribution in [3.8, 4) is 11.5 Å². The Bertz CT molecular complexity index is 623. The Morgan fingerprint density at radius 1 is 1.14 bits per heavy atom. The zero-order chi connectivity index (χ0) is 15.2. The van der Waals surface area contributed by atoms with E-state index in [1.54, 1.807) is 19.1 Å². The van der Waals surface area contributed by atoms with Gasteiger partial charge in [0.15, 0.2) is 0 Å². The molecule has 0 heterocycles. The van der Waals surface area contributed by atoms with Crippen molar-refractivity contribution in [3.63, 3.8) is 0 Å². The molecule has 2 aromatic rings. The molecule has 2 N–H and O–H groups in total. The minimum atomic E-state index is -0.112. The molecule has 0 unspecified atom stereocenters. The highest BCUT2D eigenvalue weighted by Crippen LogP contribution is 2.25. The molecule has 0 saturated heterocycles. The number of benzene rings is 2. The van der Waals surface area contributed by atoms with Crippen LogP contribution in [0.3, 0.4) is 0 Å². The van der Waals surface area contributed by atoms with E-state index in [9.17, 15) is 9.90 Å². The van der Waals surface area contributed by atoms with Gasteiger partial charge in [0, 0.05) is 5.69 Å². The summed E-state index contributed by atoms with van der Waals surface area (Å²) < 4.78 is 5.49. The van der Waals surface area contributed by atoms with Crippen LogP contribution in [0.1, 0.15) is 17.5 Å². The van der Waals surface area contributed by atoms with Crippen LogP contribution < -0.4 is 10.1 Å². The predicted molar refractivity (Wildman–Crippen MR) is 82.8 cm³/mol. The summed E-state index contributed by atoms with van der Waals surface area (Å²) in [5.74, 6) is 0.874. The summed E-state index contributed by atoms with van der Waals surface area (Å²) in [6, 6.07) is 12.8. The second-order valence-electron chi connectivity index (χ2n) is 4.91. The first-order valence-corrected chi connectivity index (χ1v) is 6.84. The molecule has 4 nitrogen and oxygen atoms in total. The Balaban J connectivity index is 1.86. The number of nitrogens with one attached hydrogen (secondary N) is 1. The molecule has 0 fully saturated rings. The highest BCUT2D eigenvalue weighted by atomic mass is 16.5. The summed E-state index contributed by atoms with van der Waals surface area (Å²) in [7, 11) is 0. The van der Waals surface area contributed by atoms with Gasteiger partial charge in [-0.2, -0.15) is 0 Å². The molecule has 0 spiro atoms. The number of para-hydroxylation sites is 1. The molecule has 0 aliphatic rings. The third-order valence-electron chi connectivity index (χ3n) is 3.16. The zero-order valence-electron chi connectivity index (χ0n) is 12.2. The number of phenolic OH excluding ortho intramolecular Hbond substituents is 1. The minimum absolute atomic E-state index is 0.112. The molecule has 0 bridgehead atoms. The Kier molecular flexibility index (Phi) is 4.82. The van der Waals surface area contributed by atoms with E-state index in [1.165, 1.54) is 0 Å². The lowest BCUT2D eigenvalue weighted by atomic mass is 10.1. The standard InChI is InChI=1S/C17H19NO3/c1-12-11-16(19)13(2)10-15(12)18-17(20)8-9-21-14-6-4-3-5-7-14/h3-7,10-11,19H,8-9H2,1-2H3,(H,18,20). The molecule has 110 valence electrons. The smallest absolute Gasteiger partial charge is 0.227 e. The van der Waals surface area contributed by atoms with Crippen LogP contribution in [0.25, 0.3) is 0 Å². The van der Waals surface area contributed by atoms with E-state index in [0.717, 1.165) is 22.6 Å². The molecular formula is C17H19NO3. The Labute approximate surface area is 124 Å². The van der Waals surface area contributed by atoms with Crippen LogP contribution in [0.5, 0.6) is 11.5 Å². The fourth-order valence-corrected chi connectivity index (χ4v) is 1.93. The van der Waals surface area contributed by atoms with Crippen LogP contribution >= 0.6 is 0 Å². The number of ether oxygens (including phenoxy) is 1. The molecule has 0 atom stereocenters. The highest BCUT2D eigenvalue weighted by molar-refractivity contribution is 5.91. The lowest BCUT2D eigenvalue weighted by Crippen LogP contribution is -2.16. The Hall–Kier alpha value is -2.49. The van der Waals surface area contributed by atoms with Crippen molar-refractivity contribution in [3.05, 3.63) is 53.6 Å². The summed E-state index contributed by atoms with van der Waals surface area (Å²) in [6.07, 6.45) is 0.272. The first-order chi connectivity index (χ1) is 10.1. The average molecular weight is 285 g/mol. The molecule has 2 aromatic carbocycles. The lowest BCUT2D eigenvalue weighted by Gasteiger charge is -2.11. The summed E-state index contributed by atoms with van der Waals surface area (Å²) in [6.45, 7) is 3.96. The van der Waals surface area contributed by atoms with Crippen molar-refractivity contribution < 1.29 is 14.6 Å². The van der Waals surface area contributed by atoms with Crippen molar-refractivity contribution >= 4 is 11.6 Å². The molecule has 21 heavy (non-hydrogen) atoms. The van der Waals surface area contributed by atoms with E-state index >= 15 is 0 Å². The van der Waals surface area contributed by atoms with Crippen LogP contribution in [0.2, 0.25) is 0 Å². The lowest BCUT2D eigenvalue weighted by molar-refractivity contribution is -0.116. The van der Waals surface area contributed by atoms with Crippen LogP contribution in [-0.4, -0.2) is 17.6 Å². The molecule has 4 heteroatoms. The van der Waals surface area contributed by atoms with Gasteiger partial charge < -0.3 is 15.2 Å². The number of phenols is 1. The maximum atomic E-state index is 11.9. The first-order valence-electron chi connectivity index (χ1n) is 6.84. The summed E-state index contributed by atoms with van der Waals surface area (Å²) >= 11 is 0. The van der Waals surface area contributed by atoms with Crippen molar-refractivity contribution in [1.29, 1.82) is 0 Å². The second-order valence-corrected chi connectivity index (χ2v) is 4.91. The van der Waals surface area contributed by atoms with Gasteiger partial charge in [0.2, 0.25) is 5.91 Å². The number of rotatable bonds is 5. The van der Waals surface area contributed by atoms with Gasteiger partial charge >= 0.3 is 0 Å². The third kappa shape index (κ3) is 4.24. The van der Waals surface area contributed by atoms with Crippen molar-refractivity contribution in [2.24, 2.45) is 0 Å². The highest BCUT2D eigenvalue weighted by Gasteiger charge is 2.07. The first kappa shape index (κ1) is 14.9. The van der Waals surface area contributed by atoms with E-state index in [-0.39, 0.29) is 18.1 Å². The fraction of sp³-hybridized carbons (Fsp3) is 0.235. The summed E-state index contributed by atoms with van der Waals surface area (Å²) in [5, 5.41) is 12.4. The van der Waals surface area contributed by atoms with E-state index in [1.807, 2.05) is 37.3 Å². The maximum absolute atomic E-state index is 11.9. The topological polar surface area (TPSA) is 58.6 Å². The van der Waals surface area contributed by atoms with Crippen molar-refractivity contribution in [2.75, 3.05) is 11.9 Å². The summed E-state index contributed by atoms with van der Waals surface area (Å²) in [4.78, 5) is 11.9. The van der Waals surface area contributed by atoms with Gasteiger partial charge in [-0.25, -0.2) is 0 Å². The number of hydrogen-bond donors (Lipinski definition) is 2. The van der Waals surface area contributed by atoms with Gasteiger partial charge in [-0.05, 0) is 49.2 Å². The SMILES string of the molecule is Cc1cc(NC(=O)CCOc2ccccc2)c(C)cc1O. The van der Waals surface area contributed by atoms with Gasteiger partial charge in [-0.3, -0.25) is 4.79 Å². The van der Waals surface area contributed by atoms with Crippen LogP contribution in [-0.2, 0) is 4.79 Å². The third-order valence-corrected chi connectivity index (χ3v) is 3.16. The van der Waals surface area contributed by atoms with Gasteiger partial charge in [0.1, 0.15) is 11.5 Å². The number of aryl methyl sites for hydroxylation is 2. The van der Waals surface area contributed by atoms with E-state index in [0.29, 0.717) is 6.61 Å². The minimum Gasteiger partial charge on any atom is -0.508 e. The van der Waals surface area contributed by atoms with E-state index in [4.69, 9.17) is 4.74 Å². The Morgan fingerprint density at radius 3 is 2.57 bits per heavy atom. The molecule has 2 rings (SSSR count). The largest absolute Gasteiger partial charge is 0.508 e. The molecule has 0 aliphatic heterocycles. The van der Waals surface area contributed by atoms with Crippen LogP contribution in [0.4, 0.5) is 5.69 Å². The number of amides is 1. The van der Waals surface area contributed by atoms with Crippen LogP contribution in [0.15, 0.2) is 42.5 Å². The van der Waals surface area contributed by atoms with Crippen molar-refractivity contribution in [2.45, 2.75) is 20.3 Å². The number of hydrogen-bond acceptors (Lipinski definition) is 3. The van der Waals surface area contributed by atoms with Gasteiger partial charge in [-0.15, -0.1) is 0 Å². The van der Waals surface area contributed by atoms with E-state index < -0.39 is 0 Å². The quantitative estimate of drug-likeness (QED) is 0.828. The van der Waals surface area contributed by atoms with Gasteiger partial charge in [0.05, 0.1) is 13.0 Å². The fourth-order valence-electron chi connectivity index (χ4n) is 1.93. The molecule has 0 saturated carbocycles. The number of anilines is 1. The number of carbonyl (C=O) groups excluding carboxylic acids is 1. The van der Waals surface area contributed by atoms with Crippen molar-refractivity contribution in [1.82, 2.24) is 0 Å². The normalized spacial score (nSPS) is 10.2. The maximum Gasteiger partial charge on any atom is 0.227 e. The molecular weight excluding hydrogens is 266 g/mol. The van der Waals surface area contributed by atoms with E-state index in [2.05, 4.69) is 5.32 Å². The van der Waals surface area contributed by atoms with Crippen LogP contribution in [0, 0.1) is 13.8 Å². The monoisotopic (exact) mass is 285 g/mol.